The summed E-state index contributed by atoms with van der Waals surface area (Å²) in [6.45, 7) is 4.03. The maximum Gasteiger partial charge on any atom is 0.115 e. The van der Waals surface area contributed by atoms with E-state index in [0.717, 1.165) is 12.0 Å². The van der Waals surface area contributed by atoms with Gasteiger partial charge in [-0.3, -0.25) is 0 Å². The molecule has 0 aliphatic heterocycles. The monoisotopic (exact) mass is 180 g/mol. The Balaban J connectivity index is 2.82. The average molecular weight is 180 g/mol. The van der Waals surface area contributed by atoms with Crippen LogP contribution in [-0.4, -0.2) is 10.2 Å². The number of rotatable bonds is 3. The summed E-state index contributed by atoms with van der Waals surface area (Å²) in [5.74, 6) is 0.432. The molecule has 0 radical (unpaired) electrons. The van der Waals surface area contributed by atoms with Crippen LogP contribution in [0.25, 0.3) is 0 Å². The molecule has 1 aromatic rings. The lowest BCUT2D eigenvalue weighted by molar-refractivity contribution is 0.115. The first kappa shape index (κ1) is 10.1. The Kier molecular flexibility index (Phi) is 3.32. The number of phenols is 1. The third kappa shape index (κ3) is 2.46. The highest BCUT2D eigenvalue weighted by atomic mass is 16.3. The zero-order valence-electron chi connectivity index (χ0n) is 8.07. The minimum Gasteiger partial charge on any atom is -0.508 e. The van der Waals surface area contributed by atoms with E-state index in [1.54, 1.807) is 18.2 Å². The first-order valence-electron chi connectivity index (χ1n) is 4.62. The maximum atomic E-state index is 9.80. The van der Waals surface area contributed by atoms with E-state index in [0.29, 0.717) is 0 Å². The molecule has 2 heteroatoms. The van der Waals surface area contributed by atoms with E-state index in [9.17, 15) is 10.2 Å². The molecule has 2 nitrogen and oxygen atoms in total. The number of aromatic hydroxyl groups is 1. The fourth-order valence-corrected chi connectivity index (χ4v) is 1.26. The van der Waals surface area contributed by atoms with Crippen molar-refractivity contribution in [1.29, 1.82) is 0 Å². The number of hydrogen-bond donors (Lipinski definition) is 2. The molecule has 0 saturated carbocycles. The van der Waals surface area contributed by atoms with Crippen LogP contribution in [0.3, 0.4) is 0 Å². The van der Waals surface area contributed by atoms with Crippen LogP contribution in [0.5, 0.6) is 5.75 Å². The van der Waals surface area contributed by atoms with Gasteiger partial charge < -0.3 is 10.2 Å². The van der Waals surface area contributed by atoms with Crippen LogP contribution in [0.2, 0.25) is 0 Å². The molecule has 0 aliphatic carbocycles. The van der Waals surface area contributed by atoms with Crippen molar-refractivity contribution in [2.45, 2.75) is 26.4 Å². The highest BCUT2D eigenvalue weighted by Gasteiger charge is 2.14. The number of aliphatic hydroxyl groups is 1. The molecular weight excluding hydrogens is 164 g/mol. The summed E-state index contributed by atoms with van der Waals surface area (Å²) >= 11 is 0. The van der Waals surface area contributed by atoms with Crippen LogP contribution < -0.4 is 0 Å². The average Bonchev–Trinajstić information content (AvgIpc) is 2.15. The molecule has 0 heterocycles. The van der Waals surface area contributed by atoms with Gasteiger partial charge in [-0.2, -0.15) is 0 Å². The predicted octanol–water partition coefficient (Wildman–Crippen LogP) is 2.47. The van der Waals surface area contributed by atoms with Crippen LogP contribution in [0.15, 0.2) is 24.3 Å². The lowest BCUT2D eigenvalue weighted by Crippen LogP contribution is -2.07. The molecule has 72 valence electrons. The second kappa shape index (κ2) is 4.28. The van der Waals surface area contributed by atoms with Crippen molar-refractivity contribution in [1.82, 2.24) is 0 Å². The first-order chi connectivity index (χ1) is 6.15. The van der Waals surface area contributed by atoms with E-state index in [1.807, 2.05) is 19.9 Å². The van der Waals surface area contributed by atoms with E-state index in [2.05, 4.69) is 0 Å². The third-order valence-corrected chi connectivity index (χ3v) is 2.39. The summed E-state index contributed by atoms with van der Waals surface area (Å²) in [5.41, 5.74) is 0.786. The lowest BCUT2D eigenvalue weighted by atomic mass is 9.95. The molecule has 0 amide bonds. The minimum absolute atomic E-state index is 0.208. The molecule has 0 aliphatic rings. The Morgan fingerprint density at radius 2 is 2.08 bits per heavy atom. The SMILES string of the molecule is CC[C@@H](C)[C@H](O)c1cccc(O)c1. The van der Waals surface area contributed by atoms with E-state index >= 15 is 0 Å². The van der Waals surface area contributed by atoms with E-state index in [4.69, 9.17) is 0 Å². The van der Waals surface area contributed by atoms with Crippen LogP contribution in [0.4, 0.5) is 0 Å². The zero-order chi connectivity index (χ0) is 9.84. The van der Waals surface area contributed by atoms with Crippen molar-refractivity contribution in [2.75, 3.05) is 0 Å². The smallest absolute Gasteiger partial charge is 0.115 e. The van der Waals surface area contributed by atoms with E-state index in [1.165, 1.54) is 0 Å². The second-order valence-corrected chi connectivity index (χ2v) is 3.43. The maximum absolute atomic E-state index is 9.80. The van der Waals surface area contributed by atoms with Gasteiger partial charge in [-0.05, 0) is 23.6 Å². The van der Waals surface area contributed by atoms with Crippen molar-refractivity contribution in [3.05, 3.63) is 29.8 Å². The molecule has 1 aromatic carbocycles. The number of aliphatic hydroxyl groups excluding tert-OH is 1. The topological polar surface area (TPSA) is 40.5 Å². The normalized spacial score (nSPS) is 15.3. The Labute approximate surface area is 78.8 Å². The summed E-state index contributed by atoms with van der Waals surface area (Å²) in [5, 5.41) is 19.0. The summed E-state index contributed by atoms with van der Waals surface area (Å²) < 4.78 is 0. The van der Waals surface area contributed by atoms with E-state index in [-0.39, 0.29) is 11.7 Å². The highest BCUT2D eigenvalue weighted by molar-refractivity contribution is 5.28. The minimum atomic E-state index is -0.475. The zero-order valence-corrected chi connectivity index (χ0v) is 8.07. The van der Waals surface area contributed by atoms with Gasteiger partial charge >= 0.3 is 0 Å². The molecule has 0 saturated heterocycles. The lowest BCUT2D eigenvalue weighted by Gasteiger charge is -2.17. The molecule has 0 unspecified atom stereocenters. The molecule has 0 fully saturated rings. The van der Waals surface area contributed by atoms with Gasteiger partial charge in [0.15, 0.2) is 0 Å². The summed E-state index contributed by atoms with van der Waals surface area (Å²) in [4.78, 5) is 0. The van der Waals surface area contributed by atoms with Gasteiger partial charge in [0.1, 0.15) is 5.75 Å². The fourth-order valence-electron chi connectivity index (χ4n) is 1.26. The Morgan fingerprint density at radius 1 is 1.38 bits per heavy atom. The molecule has 0 aromatic heterocycles. The Bertz CT molecular complexity index is 271. The Hall–Kier alpha value is -1.02. The van der Waals surface area contributed by atoms with E-state index < -0.39 is 6.10 Å². The number of hydrogen-bond acceptors (Lipinski definition) is 2. The quantitative estimate of drug-likeness (QED) is 0.750. The van der Waals surface area contributed by atoms with Crippen LogP contribution in [0, 0.1) is 5.92 Å². The fraction of sp³-hybridized carbons (Fsp3) is 0.455. The standard InChI is InChI=1S/C11H16O2/c1-3-8(2)11(13)9-5-4-6-10(12)7-9/h4-8,11-13H,3H2,1-2H3/t8-,11+/m1/s1. The van der Waals surface area contributed by atoms with Gasteiger partial charge in [-0.15, -0.1) is 0 Å². The Morgan fingerprint density at radius 3 is 2.62 bits per heavy atom. The van der Waals surface area contributed by atoms with Crippen molar-refractivity contribution < 1.29 is 10.2 Å². The van der Waals surface area contributed by atoms with Crippen molar-refractivity contribution in [3.8, 4) is 5.75 Å². The molecule has 0 spiro atoms. The molecule has 0 bridgehead atoms. The molecular formula is C11H16O2. The summed E-state index contributed by atoms with van der Waals surface area (Å²) in [6.07, 6.45) is 0.452. The van der Waals surface area contributed by atoms with Gasteiger partial charge in [0.2, 0.25) is 0 Å². The van der Waals surface area contributed by atoms with Crippen molar-refractivity contribution in [2.24, 2.45) is 5.92 Å². The van der Waals surface area contributed by atoms with Gasteiger partial charge in [0.05, 0.1) is 6.10 Å². The van der Waals surface area contributed by atoms with Crippen molar-refractivity contribution >= 4 is 0 Å². The van der Waals surface area contributed by atoms with Crippen LogP contribution in [0.1, 0.15) is 31.9 Å². The third-order valence-electron chi connectivity index (χ3n) is 2.39. The summed E-state index contributed by atoms with van der Waals surface area (Å²) in [6, 6.07) is 6.79. The van der Waals surface area contributed by atoms with Gasteiger partial charge in [-0.25, -0.2) is 0 Å². The van der Waals surface area contributed by atoms with Crippen LogP contribution in [-0.2, 0) is 0 Å². The van der Waals surface area contributed by atoms with Gasteiger partial charge in [0, 0.05) is 0 Å². The summed E-state index contributed by atoms with van der Waals surface area (Å²) in [7, 11) is 0. The molecule has 13 heavy (non-hydrogen) atoms. The van der Waals surface area contributed by atoms with Gasteiger partial charge in [0.25, 0.3) is 0 Å². The molecule has 2 atom stereocenters. The largest absolute Gasteiger partial charge is 0.508 e. The predicted molar refractivity (Wildman–Crippen MR) is 52.5 cm³/mol. The molecule has 2 N–H and O–H groups in total. The van der Waals surface area contributed by atoms with Gasteiger partial charge in [-0.1, -0.05) is 32.4 Å². The molecule has 1 rings (SSSR count). The second-order valence-electron chi connectivity index (χ2n) is 3.43. The first-order valence-corrected chi connectivity index (χ1v) is 4.62. The van der Waals surface area contributed by atoms with Crippen LogP contribution >= 0.6 is 0 Å². The number of benzene rings is 1. The number of phenolic OH excluding ortho intramolecular Hbond substituents is 1. The highest BCUT2D eigenvalue weighted by Crippen LogP contribution is 2.25. The van der Waals surface area contributed by atoms with Crippen molar-refractivity contribution in [3.63, 3.8) is 0 Å².